The third-order valence-corrected chi connectivity index (χ3v) is 0.672. The number of nitrogens with zero attached hydrogens (tertiary/aromatic N) is 2. The molecule has 0 radical (unpaired) electrons. The molecule has 0 bridgehead atoms. The summed E-state index contributed by atoms with van der Waals surface area (Å²) in [5.41, 5.74) is 0. The normalized spacial score (nSPS) is 8.83. The summed E-state index contributed by atoms with van der Waals surface area (Å²) in [5.74, 6) is 0. The molecule has 32 valence electrons. The Morgan fingerprint density at radius 3 is 2.67 bits per heavy atom. The van der Waals surface area contributed by atoms with E-state index in [2.05, 4.69) is 5.10 Å². The first-order valence-electron chi connectivity index (χ1n) is 1.55. The monoisotopic (exact) mass is 102 g/mol. The zero-order chi connectivity index (χ0) is 4.41. The predicted octanol–water partition coefficient (Wildman–Crippen LogP) is 0.885. The topological polar surface area (TPSA) is 17.8 Å². The van der Waals surface area contributed by atoms with Crippen molar-refractivity contribution in [2.45, 2.75) is 0 Å². The molecule has 0 aliphatic carbocycles. The van der Waals surface area contributed by atoms with Crippen molar-refractivity contribution in [2.75, 3.05) is 0 Å². The molecule has 2 nitrogen and oxygen atoms in total. The van der Waals surface area contributed by atoms with Crippen molar-refractivity contribution in [1.82, 2.24) is 9.30 Å². The molecule has 3 heteroatoms. The lowest BCUT2D eigenvalue weighted by Crippen LogP contribution is -1.73. The van der Waals surface area contributed by atoms with E-state index >= 15 is 0 Å². The standard InChI is InChI=1S/C3H3ClN2/c4-6-3-1-2-5-6/h1-3H. The Kier molecular flexibility index (Phi) is 0.801. The van der Waals surface area contributed by atoms with Crippen LogP contribution in [0.1, 0.15) is 0 Å². The van der Waals surface area contributed by atoms with Gasteiger partial charge in [0.25, 0.3) is 0 Å². The highest BCUT2D eigenvalue weighted by Gasteiger charge is 1.72. The molecule has 0 saturated heterocycles. The Hall–Kier alpha value is -0.500. The van der Waals surface area contributed by atoms with E-state index in [9.17, 15) is 0 Å². The van der Waals surface area contributed by atoms with Gasteiger partial charge in [0.15, 0.2) is 0 Å². The SMILES string of the molecule is Cln1cccn1. The van der Waals surface area contributed by atoms with Crippen LogP contribution in [0, 0.1) is 0 Å². The molecule has 1 aromatic heterocycles. The van der Waals surface area contributed by atoms with Crippen LogP contribution in [-0.2, 0) is 0 Å². The molecule has 0 N–H and O–H groups in total. The first kappa shape index (κ1) is 3.68. The maximum absolute atomic E-state index is 5.26. The van der Waals surface area contributed by atoms with E-state index in [0.29, 0.717) is 0 Å². The van der Waals surface area contributed by atoms with E-state index in [4.69, 9.17) is 11.8 Å². The molecule has 0 amide bonds. The van der Waals surface area contributed by atoms with Crippen LogP contribution in [-0.4, -0.2) is 9.30 Å². The van der Waals surface area contributed by atoms with E-state index in [0.717, 1.165) is 0 Å². The fourth-order valence-electron chi connectivity index (χ4n) is 0.250. The molecule has 0 unspecified atom stereocenters. The van der Waals surface area contributed by atoms with E-state index in [1.54, 1.807) is 18.5 Å². The summed E-state index contributed by atoms with van der Waals surface area (Å²) in [6, 6.07) is 1.76. The van der Waals surface area contributed by atoms with Crippen molar-refractivity contribution in [3.8, 4) is 0 Å². The minimum Gasteiger partial charge on any atom is -0.180 e. The van der Waals surface area contributed by atoms with Crippen molar-refractivity contribution >= 4 is 11.8 Å². The lowest BCUT2D eigenvalue weighted by atomic mass is 10.8. The minimum absolute atomic E-state index is 1.22. The molecule has 0 aliphatic heterocycles. The highest BCUT2D eigenvalue weighted by molar-refractivity contribution is 6.14. The summed E-state index contributed by atoms with van der Waals surface area (Å²) in [6.07, 6.45) is 3.27. The van der Waals surface area contributed by atoms with Crippen LogP contribution < -0.4 is 0 Å². The van der Waals surface area contributed by atoms with Gasteiger partial charge in [-0.3, -0.25) is 0 Å². The Labute approximate surface area is 40.5 Å². The number of rotatable bonds is 0. The Morgan fingerprint density at radius 2 is 2.50 bits per heavy atom. The van der Waals surface area contributed by atoms with Crippen molar-refractivity contribution < 1.29 is 0 Å². The van der Waals surface area contributed by atoms with Crippen molar-refractivity contribution in [3.05, 3.63) is 18.5 Å². The fourth-order valence-corrected chi connectivity index (χ4v) is 0.366. The molecule has 0 aliphatic rings. The number of hydrogen-bond acceptors (Lipinski definition) is 1. The van der Waals surface area contributed by atoms with Gasteiger partial charge < -0.3 is 0 Å². The van der Waals surface area contributed by atoms with Gasteiger partial charge in [0, 0.05) is 18.0 Å². The summed E-state index contributed by atoms with van der Waals surface area (Å²) in [5, 5.41) is 3.60. The summed E-state index contributed by atoms with van der Waals surface area (Å²) in [7, 11) is 0. The van der Waals surface area contributed by atoms with Gasteiger partial charge in [-0.05, 0) is 6.07 Å². The largest absolute Gasteiger partial charge is 0.180 e. The molecule has 1 heterocycles. The predicted molar refractivity (Wildman–Crippen MR) is 23.5 cm³/mol. The maximum atomic E-state index is 5.26. The maximum Gasteiger partial charge on any atom is 0.0504 e. The lowest BCUT2D eigenvalue weighted by Gasteiger charge is -1.71. The average molecular weight is 103 g/mol. The molecule has 0 atom stereocenters. The van der Waals surface area contributed by atoms with Crippen molar-refractivity contribution in [2.24, 2.45) is 0 Å². The summed E-state index contributed by atoms with van der Waals surface area (Å²) in [6.45, 7) is 0. The summed E-state index contributed by atoms with van der Waals surface area (Å²) < 4.78 is 1.22. The van der Waals surface area contributed by atoms with Crippen LogP contribution in [0.25, 0.3) is 0 Å². The highest BCUT2D eigenvalue weighted by Crippen LogP contribution is 1.82. The van der Waals surface area contributed by atoms with Gasteiger partial charge in [0.1, 0.15) is 0 Å². The quantitative estimate of drug-likeness (QED) is 0.476. The van der Waals surface area contributed by atoms with Gasteiger partial charge in [-0.2, -0.15) is 9.30 Å². The first-order chi connectivity index (χ1) is 2.89. The van der Waals surface area contributed by atoms with E-state index in [1.807, 2.05) is 0 Å². The van der Waals surface area contributed by atoms with E-state index < -0.39 is 0 Å². The zero-order valence-electron chi connectivity index (χ0n) is 3.00. The number of halogens is 1. The molecule has 6 heavy (non-hydrogen) atoms. The molecule has 0 spiro atoms. The molecular weight excluding hydrogens is 99.5 g/mol. The van der Waals surface area contributed by atoms with Crippen LogP contribution in [0.3, 0.4) is 0 Å². The van der Waals surface area contributed by atoms with Crippen LogP contribution in [0.2, 0.25) is 0 Å². The molecular formula is C3H3ClN2. The summed E-state index contributed by atoms with van der Waals surface area (Å²) >= 11 is 5.26. The smallest absolute Gasteiger partial charge is 0.0504 e. The van der Waals surface area contributed by atoms with Gasteiger partial charge in [0.2, 0.25) is 0 Å². The first-order valence-corrected chi connectivity index (χ1v) is 1.89. The third-order valence-electron chi connectivity index (χ3n) is 0.472. The Morgan fingerprint density at radius 1 is 1.67 bits per heavy atom. The second-order valence-corrected chi connectivity index (χ2v) is 1.24. The fraction of sp³-hybridized carbons (Fsp3) is 0. The minimum atomic E-state index is 1.22. The van der Waals surface area contributed by atoms with Crippen molar-refractivity contribution in [1.29, 1.82) is 0 Å². The lowest BCUT2D eigenvalue weighted by molar-refractivity contribution is 0.994. The molecule has 1 rings (SSSR count). The molecule has 0 aromatic carbocycles. The van der Waals surface area contributed by atoms with E-state index in [1.165, 1.54) is 4.20 Å². The van der Waals surface area contributed by atoms with Crippen LogP contribution >= 0.6 is 11.8 Å². The molecule has 0 fully saturated rings. The number of hydrogen-bond donors (Lipinski definition) is 0. The number of aromatic nitrogens is 2. The van der Waals surface area contributed by atoms with Crippen LogP contribution in [0.4, 0.5) is 0 Å². The Bertz CT molecular complexity index is 112. The average Bonchev–Trinajstić information content (AvgIpc) is 1.86. The molecule has 0 saturated carbocycles. The van der Waals surface area contributed by atoms with Gasteiger partial charge in [-0.25, -0.2) is 0 Å². The summed E-state index contributed by atoms with van der Waals surface area (Å²) in [4.78, 5) is 0. The second kappa shape index (κ2) is 1.30. The molecule has 1 aromatic rings. The third kappa shape index (κ3) is 0.518. The van der Waals surface area contributed by atoms with Gasteiger partial charge in [-0.15, -0.1) is 0 Å². The van der Waals surface area contributed by atoms with Gasteiger partial charge in [-0.1, -0.05) is 0 Å². The zero-order valence-corrected chi connectivity index (χ0v) is 3.76. The van der Waals surface area contributed by atoms with Crippen molar-refractivity contribution in [3.63, 3.8) is 0 Å². The Balaban J connectivity index is 3.05. The highest BCUT2D eigenvalue weighted by atomic mass is 35.5. The van der Waals surface area contributed by atoms with Crippen LogP contribution in [0.15, 0.2) is 18.5 Å². The second-order valence-electron chi connectivity index (χ2n) is 0.895. The van der Waals surface area contributed by atoms with Gasteiger partial charge in [0.05, 0.1) is 6.20 Å². The van der Waals surface area contributed by atoms with E-state index in [-0.39, 0.29) is 0 Å². The van der Waals surface area contributed by atoms with Crippen LogP contribution in [0.5, 0.6) is 0 Å². The van der Waals surface area contributed by atoms with Gasteiger partial charge >= 0.3 is 0 Å².